The minimum Gasteiger partial charge on any atom is -0.370 e. The van der Waals surface area contributed by atoms with Crippen LogP contribution in [-0.2, 0) is 0 Å². The van der Waals surface area contributed by atoms with E-state index in [0.717, 1.165) is 24.7 Å². The van der Waals surface area contributed by atoms with E-state index in [2.05, 4.69) is 17.2 Å². The average Bonchev–Trinajstić information content (AvgIpc) is 2.06. The van der Waals surface area contributed by atoms with Crippen molar-refractivity contribution in [2.24, 2.45) is 10.9 Å². The minimum atomic E-state index is 0.753. The van der Waals surface area contributed by atoms with Gasteiger partial charge in [-0.1, -0.05) is 6.92 Å². The fourth-order valence-electron chi connectivity index (χ4n) is 1.80. The summed E-state index contributed by atoms with van der Waals surface area (Å²) in [4.78, 5) is 4.35. The normalized spacial score (nSPS) is 29.7. The quantitative estimate of drug-likeness (QED) is 0.558. The summed E-state index contributed by atoms with van der Waals surface area (Å²) < 4.78 is 0. The third-order valence-corrected chi connectivity index (χ3v) is 2.53. The molecule has 2 heteroatoms. The van der Waals surface area contributed by atoms with Gasteiger partial charge < -0.3 is 5.32 Å². The van der Waals surface area contributed by atoms with Gasteiger partial charge >= 0.3 is 0 Å². The SMILES string of the molecule is CC1CCNC2=C1CCC=N2. The van der Waals surface area contributed by atoms with Gasteiger partial charge in [0.1, 0.15) is 5.82 Å². The van der Waals surface area contributed by atoms with Crippen LogP contribution in [0, 0.1) is 5.92 Å². The van der Waals surface area contributed by atoms with Crippen molar-refractivity contribution >= 4 is 6.21 Å². The van der Waals surface area contributed by atoms with Crippen molar-refractivity contribution in [1.82, 2.24) is 5.32 Å². The summed E-state index contributed by atoms with van der Waals surface area (Å²) in [6.45, 7) is 3.40. The minimum absolute atomic E-state index is 0.753. The van der Waals surface area contributed by atoms with Gasteiger partial charge in [0.05, 0.1) is 0 Å². The van der Waals surface area contributed by atoms with Gasteiger partial charge in [0.15, 0.2) is 0 Å². The molecule has 2 aliphatic rings. The number of hydrogen-bond acceptors (Lipinski definition) is 2. The second-order valence-electron chi connectivity index (χ2n) is 3.34. The smallest absolute Gasteiger partial charge is 0.124 e. The number of nitrogens with zero attached hydrogens (tertiary/aromatic N) is 1. The number of aliphatic imine (C=N–C) groups is 1. The van der Waals surface area contributed by atoms with E-state index in [4.69, 9.17) is 0 Å². The Morgan fingerprint density at radius 2 is 2.55 bits per heavy atom. The van der Waals surface area contributed by atoms with Gasteiger partial charge in [-0.05, 0) is 30.8 Å². The van der Waals surface area contributed by atoms with Gasteiger partial charge in [0.2, 0.25) is 0 Å². The summed E-state index contributed by atoms with van der Waals surface area (Å²) in [5, 5.41) is 3.33. The highest BCUT2D eigenvalue weighted by atomic mass is 15.0. The highest BCUT2D eigenvalue weighted by molar-refractivity contribution is 5.61. The number of hydrogen-bond donors (Lipinski definition) is 1. The Labute approximate surface area is 67.4 Å². The Hall–Kier alpha value is -0.790. The van der Waals surface area contributed by atoms with Crippen LogP contribution in [0.3, 0.4) is 0 Å². The summed E-state index contributed by atoms with van der Waals surface area (Å²) >= 11 is 0. The first-order valence-corrected chi connectivity index (χ1v) is 4.37. The van der Waals surface area contributed by atoms with Crippen molar-refractivity contribution in [1.29, 1.82) is 0 Å². The average molecular weight is 150 g/mol. The number of nitrogens with one attached hydrogen (secondary N) is 1. The third kappa shape index (κ3) is 1.17. The lowest BCUT2D eigenvalue weighted by atomic mass is 9.90. The Bertz CT molecular complexity index is 216. The van der Waals surface area contributed by atoms with E-state index in [1.807, 2.05) is 6.21 Å². The lowest BCUT2D eigenvalue weighted by molar-refractivity contribution is 0.510. The van der Waals surface area contributed by atoms with Crippen molar-refractivity contribution in [3.05, 3.63) is 11.4 Å². The fourth-order valence-corrected chi connectivity index (χ4v) is 1.80. The fraction of sp³-hybridized carbons (Fsp3) is 0.667. The molecule has 0 fully saturated rings. The van der Waals surface area contributed by atoms with Crippen LogP contribution in [0.1, 0.15) is 26.2 Å². The van der Waals surface area contributed by atoms with Crippen molar-refractivity contribution in [3.63, 3.8) is 0 Å². The molecule has 0 amide bonds. The first-order chi connectivity index (χ1) is 5.38. The van der Waals surface area contributed by atoms with E-state index < -0.39 is 0 Å². The van der Waals surface area contributed by atoms with E-state index in [9.17, 15) is 0 Å². The predicted molar refractivity (Wildman–Crippen MR) is 46.5 cm³/mol. The second kappa shape index (κ2) is 2.68. The Balaban J connectivity index is 2.28. The van der Waals surface area contributed by atoms with Crippen LogP contribution in [0.2, 0.25) is 0 Å². The van der Waals surface area contributed by atoms with E-state index in [0.29, 0.717) is 0 Å². The maximum absolute atomic E-state index is 4.35. The molecule has 2 aliphatic heterocycles. The predicted octanol–water partition coefficient (Wildman–Crippen LogP) is 1.69. The first-order valence-electron chi connectivity index (χ1n) is 4.37. The summed E-state index contributed by atoms with van der Waals surface area (Å²) in [7, 11) is 0. The van der Waals surface area contributed by atoms with Gasteiger partial charge in [-0.2, -0.15) is 0 Å². The van der Waals surface area contributed by atoms with Crippen molar-refractivity contribution in [2.75, 3.05) is 6.54 Å². The van der Waals surface area contributed by atoms with Gasteiger partial charge in [-0.3, -0.25) is 0 Å². The van der Waals surface area contributed by atoms with Crippen molar-refractivity contribution in [2.45, 2.75) is 26.2 Å². The molecule has 2 heterocycles. The largest absolute Gasteiger partial charge is 0.370 e. The second-order valence-corrected chi connectivity index (χ2v) is 3.34. The first kappa shape index (κ1) is 6.89. The van der Waals surface area contributed by atoms with Crippen LogP contribution in [0.25, 0.3) is 0 Å². The zero-order chi connectivity index (χ0) is 7.68. The standard InChI is InChI=1S/C9H14N2/c1-7-4-6-11-9-8(7)3-2-5-10-9/h5,7,11H,2-4,6H2,1H3. The van der Waals surface area contributed by atoms with Gasteiger partial charge in [0.25, 0.3) is 0 Å². The van der Waals surface area contributed by atoms with Crippen molar-refractivity contribution < 1.29 is 0 Å². The molecule has 1 N–H and O–H groups in total. The van der Waals surface area contributed by atoms with E-state index in [1.54, 1.807) is 5.57 Å². The molecule has 0 aromatic rings. The highest BCUT2D eigenvalue weighted by Gasteiger charge is 2.19. The van der Waals surface area contributed by atoms with Crippen LogP contribution < -0.4 is 5.32 Å². The molecule has 1 atom stereocenters. The molecule has 11 heavy (non-hydrogen) atoms. The molecule has 0 aromatic carbocycles. The Morgan fingerprint density at radius 3 is 3.36 bits per heavy atom. The molecule has 2 nitrogen and oxygen atoms in total. The molecule has 0 spiro atoms. The summed E-state index contributed by atoms with van der Waals surface area (Å²) in [5.41, 5.74) is 1.54. The third-order valence-electron chi connectivity index (χ3n) is 2.53. The zero-order valence-corrected chi connectivity index (χ0v) is 6.93. The molecular formula is C9H14N2. The molecule has 0 saturated carbocycles. The van der Waals surface area contributed by atoms with Crippen molar-refractivity contribution in [3.8, 4) is 0 Å². The van der Waals surface area contributed by atoms with Crippen LogP contribution in [0.4, 0.5) is 0 Å². The Morgan fingerprint density at radius 1 is 1.64 bits per heavy atom. The molecule has 0 aromatic heterocycles. The van der Waals surface area contributed by atoms with Crippen LogP contribution in [-0.4, -0.2) is 12.8 Å². The maximum Gasteiger partial charge on any atom is 0.124 e. The van der Waals surface area contributed by atoms with Gasteiger partial charge in [0, 0.05) is 12.8 Å². The molecule has 1 unspecified atom stereocenters. The lowest BCUT2D eigenvalue weighted by Crippen LogP contribution is -2.27. The molecule has 0 aliphatic carbocycles. The maximum atomic E-state index is 4.35. The molecule has 0 bridgehead atoms. The summed E-state index contributed by atoms with van der Waals surface area (Å²) in [6, 6.07) is 0. The summed E-state index contributed by atoms with van der Waals surface area (Å²) in [5.74, 6) is 1.92. The number of rotatable bonds is 0. The van der Waals surface area contributed by atoms with Crippen LogP contribution >= 0.6 is 0 Å². The lowest BCUT2D eigenvalue weighted by Gasteiger charge is -2.26. The zero-order valence-electron chi connectivity index (χ0n) is 6.93. The summed E-state index contributed by atoms with van der Waals surface area (Å²) in [6.07, 6.45) is 5.64. The van der Waals surface area contributed by atoms with E-state index in [-0.39, 0.29) is 0 Å². The van der Waals surface area contributed by atoms with E-state index in [1.165, 1.54) is 12.8 Å². The number of allylic oxidation sites excluding steroid dienone is 1. The monoisotopic (exact) mass is 150 g/mol. The van der Waals surface area contributed by atoms with Crippen LogP contribution in [0.15, 0.2) is 16.4 Å². The van der Waals surface area contributed by atoms with Gasteiger partial charge in [-0.25, -0.2) is 4.99 Å². The molecular weight excluding hydrogens is 136 g/mol. The molecule has 60 valence electrons. The molecule has 2 rings (SSSR count). The van der Waals surface area contributed by atoms with Crippen LogP contribution in [0.5, 0.6) is 0 Å². The molecule has 0 saturated heterocycles. The van der Waals surface area contributed by atoms with Gasteiger partial charge in [-0.15, -0.1) is 0 Å². The van der Waals surface area contributed by atoms with E-state index >= 15 is 0 Å². The Kier molecular flexibility index (Phi) is 1.68. The molecule has 0 radical (unpaired) electrons. The topological polar surface area (TPSA) is 24.4 Å². The highest BCUT2D eigenvalue weighted by Crippen LogP contribution is 2.27.